The zero-order chi connectivity index (χ0) is 71.6. The molecule has 0 aromatic heterocycles. The molecule has 0 aliphatic heterocycles. The van der Waals surface area contributed by atoms with Crippen LogP contribution in [0.3, 0.4) is 0 Å². The molecule has 0 aromatic rings. The molecule has 4 unspecified atom stereocenters. The highest BCUT2D eigenvalue weighted by Gasteiger charge is 2.30. The van der Waals surface area contributed by atoms with Crippen molar-refractivity contribution in [2.24, 2.45) is 17.8 Å². The summed E-state index contributed by atoms with van der Waals surface area (Å²) in [5, 5.41) is 10.6. The van der Waals surface area contributed by atoms with E-state index in [0.717, 1.165) is 108 Å². The Bertz CT molecular complexity index is 1890. The Morgan fingerprint density at radius 1 is 0.299 bits per heavy atom. The van der Waals surface area contributed by atoms with E-state index in [1.165, 1.54) is 205 Å². The number of rotatable bonds is 76. The zero-order valence-electron chi connectivity index (χ0n) is 63.5. The van der Waals surface area contributed by atoms with E-state index in [2.05, 4.69) is 48.5 Å². The maximum Gasteiger partial charge on any atom is 0.472 e. The molecule has 19 heteroatoms. The predicted molar refractivity (Wildman–Crippen MR) is 395 cm³/mol. The van der Waals surface area contributed by atoms with Gasteiger partial charge in [0, 0.05) is 25.7 Å². The van der Waals surface area contributed by atoms with E-state index < -0.39 is 97.5 Å². The van der Waals surface area contributed by atoms with Crippen LogP contribution in [0.4, 0.5) is 0 Å². The van der Waals surface area contributed by atoms with Gasteiger partial charge in [0.05, 0.1) is 26.4 Å². The molecule has 0 amide bonds. The summed E-state index contributed by atoms with van der Waals surface area (Å²) in [5.74, 6) is 0.201. The van der Waals surface area contributed by atoms with E-state index in [1.54, 1.807) is 0 Å². The minimum Gasteiger partial charge on any atom is -0.462 e. The number of hydrogen-bond donors (Lipinski definition) is 3. The van der Waals surface area contributed by atoms with Crippen molar-refractivity contribution in [2.45, 2.75) is 420 Å². The molecule has 0 aromatic carbocycles. The second-order valence-electron chi connectivity index (χ2n) is 29.1. The van der Waals surface area contributed by atoms with E-state index in [9.17, 15) is 43.2 Å². The summed E-state index contributed by atoms with van der Waals surface area (Å²) in [4.78, 5) is 72.8. The van der Waals surface area contributed by atoms with Crippen molar-refractivity contribution < 1.29 is 80.2 Å². The molecule has 0 bridgehead atoms. The number of aliphatic hydroxyl groups excluding tert-OH is 1. The number of carbonyl (C=O) groups excluding carboxylic acids is 4. The molecule has 0 spiro atoms. The smallest absolute Gasteiger partial charge is 0.462 e. The van der Waals surface area contributed by atoms with Gasteiger partial charge < -0.3 is 33.8 Å². The molecule has 0 aliphatic carbocycles. The Labute approximate surface area is 594 Å². The van der Waals surface area contributed by atoms with E-state index in [4.69, 9.17) is 37.0 Å². The third kappa shape index (κ3) is 69.5. The lowest BCUT2D eigenvalue weighted by Crippen LogP contribution is -2.30. The predicted octanol–water partition coefficient (Wildman–Crippen LogP) is 23.0. The maximum atomic E-state index is 13.1. The number of esters is 4. The van der Waals surface area contributed by atoms with Crippen molar-refractivity contribution in [1.29, 1.82) is 0 Å². The Kier molecular flexibility index (Phi) is 67.1. The molecule has 0 aliphatic rings. The van der Waals surface area contributed by atoms with Crippen molar-refractivity contribution in [3.05, 3.63) is 0 Å². The Hall–Kier alpha value is -1.94. The fourth-order valence-corrected chi connectivity index (χ4v) is 13.5. The van der Waals surface area contributed by atoms with Gasteiger partial charge in [0.15, 0.2) is 12.2 Å². The van der Waals surface area contributed by atoms with Crippen LogP contribution in [0.15, 0.2) is 0 Å². The number of unbranched alkanes of at least 4 members (excludes halogenated alkanes) is 42. The van der Waals surface area contributed by atoms with Gasteiger partial charge in [-0.2, -0.15) is 0 Å². The average molecular weight is 1420 g/mol. The van der Waals surface area contributed by atoms with Crippen molar-refractivity contribution in [1.82, 2.24) is 0 Å². The average Bonchev–Trinajstić information content (AvgIpc) is 1.17. The molecular weight excluding hydrogens is 1270 g/mol. The van der Waals surface area contributed by atoms with Crippen LogP contribution < -0.4 is 0 Å². The molecule has 0 radical (unpaired) electrons. The van der Waals surface area contributed by atoms with Gasteiger partial charge in [-0.1, -0.05) is 350 Å². The maximum absolute atomic E-state index is 13.1. The molecule has 97 heavy (non-hydrogen) atoms. The van der Waals surface area contributed by atoms with E-state index in [1.807, 2.05) is 0 Å². The van der Waals surface area contributed by atoms with E-state index >= 15 is 0 Å². The Balaban J connectivity index is 5.19. The highest BCUT2D eigenvalue weighted by atomic mass is 31.2. The highest BCUT2D eigenvalue weighted by Crippen LogP contribution is 2.45. The molecule has 576 valence electrons. The molecule has 3 N–H and O–H groups in total. The second-order valence-corrected chi connectivity index (χ2v) is 32.0. The lowest BCUT2D eigenvalue weighted by molar-refractivity contribution is -0.161. The van der Waals surface area contributed by atoms with Crippen LogP contribution in [-0.2, 0) is 65.4 Å². The lowest BCUT2D eigenvalue weighted by Gasteiger charge is -2.21. The topological polar surface area (TPSA) is 237 Å². The fourth-order valence-electron chi connectivity index (χ4n) is 11.9. The van der Waals surface area contributed by atoms with Crippen molar-refractivity contribution in [2.75, 3.05) is 39.6 Å². The van der Waals surface area contributed by atoms with Gasteiger partial charge >= 0.3 is 39.5 Å². The van der Waals surface area contributed by atoms with Crippen LogP contribution in [0.1, 0.15) is 402 Å². The standard InChI is InChI=1S/C78H152O17P2/c1-8-11-12-13-14-15-16-17-25-28-31-37-45-52-59-75(80)88-65-73(94-77(82)61-54-47-38-32-29-26-23-21-19-18-20-22-24-27-30-35-43-50-57-70(6)9-2)67-92-96(84,85)90-63-72(79)64-91-97(86,87)93-68-74(66-89-76(81)60-53-46-41-40-42-49-56-69(4)5)95-78(83)62-55-48-39-34-33-36-44-51-58-71(7)10-3/h69-74,79H,8-68H2,1-7H3,(H,84,85)(H,86,87)/t70?,71?,72-,73-,74-/m1/s1. The summed E-state index contributed by atoms with van der Waals surface area (Å²) in [7, 11) is -9.91. The van der Waals surface area contributed by atoms with Gasteiger partial charge in [0.25, 0.3) is 0 Å². The third-order valence-electron chi connectivity index (χ3n) is 18.9. The molecule has 17 nitrogen and oxygen atoms in total. The number of hydrogen-bond acceptors (Lipinski definition) is 15. The molecule has 0 saturated heterocycles. The minimum atomic E-state index is -4.96. The monoisotopic (exact) mass is 1420 g/mol. The summed E-state index contributed by atoms with van der Waals surface area (Å²) in [6.07, 6.45) is 55.6. The van der Waals surface area contributed by atoms with Crippen LogP contribution in [-0.4, -0.2) is 96.7 Å². The van der Waals surface area contributed by atoms with Gasteiger partial charge in [0.1, 0.15) is 19.3 Å². The quantitative estimate of drug-likeness (QED) is 0.0222. The third-order valence-corrected chi connectivity index (χ3v) is 20.8. The summed E-state index contributed by atoms with van der Waals surface area (Å²) < 4.78 is 68.5. The first-order valence-corrected chi connectivity index (χ1v) is 43.4. The molecule has 0 saturated carbocycles. The van der Waals surface area contributed by atoms with Crippen molar-refractivity contribution in [3.8, 4) is 0 Å². The highest BCUT2D eigenvalue weighted by molar-refractivity contribution is 7.47. The van der Waals surface area contributed by atoms with Gasteiger partial charge in [0.2, 0.25) is 0 Å². The molecule has 0 fully saturated rings. The number of phosphoric acid groups is 2. The Morgan fingerprint density at radius 2 is 0.526 bits per heavy atom. The molecule has 0 heterocycles. The van der Waals surface area contributed by atoms with E-state index in [-0.39, 0.29) is 25.7 Å². The first-order valence-electron chi connectivity index (χ1n) is 40.4. The van der Waals surface area contributed by atoms with Crippen molar-refractivity contribution >= 4 is 39.5 Å². The fraction of sp³-hybridized carbons (Fsp3) is 0.949. The van der Waals surface area contributed by atoms with Crippen LogP contribution in [0.25, 0.3) is 0 Å². The summed E-state index contributed by atoms with van der Waals surface area (Å²) in [6.45, 7) is 11.9. The van der Waals surface area contributed by atoms with Gasteiger partial charge in [-0.25, -0.2) is 9.13 Å². The van der Waals surface area contributed by atoms with Crippen LogP contribution >= 0.6 is 15.6 Å². The first-order chi connectivity index (χ1) is 46.8. The number of ether oxygens (including phenoxy) is 4. The number of phosphoric ester groups is 2. The van der Waals surface area contributed by atoms with Gasteiger partial charge in [-0.05, 0) is 43.4 Å². The number of carbonyl (C=O) groups is 4. The minimum absolute atomic E-state index is 0.104. The number of aliphatic hydroxyl groups is 1. The van der Waals surface area contributed by atoms with Crippen molar-refractivity contribution in [3.63, 3.8) is 0 Å². The second kappa shape index (κ2) is 68.5. The van der Waals surface area contributed by atoms with E-state index in [0.29, 0.717) is 31.6 Å². The van der Waals surface area contributed by atoms with Gasteiger partial charge in [-0.15, -0.1) is 0 Å². The van der Waals surface area contributed by atoms with Crippen LogP contribution in [0.5, 0.6) is 0 Å². The largest absolute Gasteiger partial charge is 0.472 e. The SMILES string of the molecule is CCCCCCCCCCCCCCCCC(=O)OC[C@H](COP(=O)(O)OC[C@@H](O)COP(=O)(O)OC[C@@H](COC(=O)CCCCCCCCC(C)C)OC(=O)CCCCCCCCCCC(C)CC)OC(=O)CCCCCCCCCCCCCCCCCCCCC(C)CC. The zero-order valence-corrected chi connectivity index (χ0v) is 65.3. The molecule has 0 rings (SSSR count). The summed E-state index contributed by atoms with van der Waals surface area (Å²) >= 11 is 0. The van der Waals surface area contributed by atoms with Gasteiger partial charge in [-0.3, -0.25) is 37.3 Å². The summed E-state index contributed by atoms with van der Waals surface area (Å²) in [6, 6.07) is 0. The summed E-state index contributed by atoms with van der Waals surface area (Å²) in [5.41, 5.74) is 0. The Morgan fingerprint density at radius 3 is 0.784 bits per heavy atom. The van der Waals surface area contributed by atoms with Crippen LogP contribution in [0, 0.1) is 17.8 Å². The van der Waals surface area contributed by atoms with Crippen LogP contribution in [0.2, 0.25) is 0 Å². The molecular formula is C78H152O17P2. The normalized spacial score (nSPS) is 14.6. The first kappa shape index (κ1) is 95.1. The lowest BCUT2D eigenvalue weighted by atomic mass is 9.99. The molecule has 7 atom stereocenters.